The number of nitrogens with zero attached hydrogens (tertiary/aromatic N) is 2. The third-order valence-electron chi connectivity index (χ3n) is 3.29. The molecule has 23 heavy (non-hydrogen) atoms. The number of fused-ring (bicyclic) bond motifs is 1. The minimum Gasteiger partial charge on any atom is -0.410 e. The number of ether oxygens (including phenoxy) is 1. The Kier molecular flexibility index (Phi) is 4.01. The van der Waals surface area contributed by atoms with Gasteiger partial charge in [-0.15, -0.1) is 0 Å². The Morgan fingerprint density at radius 2 is 1.87 bits per heavy atom. The van der Waals surface area contributed by atoms with Crippen LogP contribution in [0.3, 0.4) is 0 Å². The van der Waals surface area contributed by atoms with Crippen molar-refractivity contribution in [3.8, 4) is 5.75 Å². The Balaban J connectivity index is 1.53. The van der Waals surface area contributed by atoms with Gasteiger partial charge in [-0.1, -0.05) is 18.2 Å². The van der Waals surface area contributed by atoms with Gasteiger partial charge in [0.2, 0.25) is 0 Å². The molecule has 1 N–H and O–H groups in total. The standard InChI is InChI=1S/C16H13N3O4/c20-14-12-7-4-8-17-13(12)15(21)19(14)10-9-18-16(22)23-11-5-2-1-3-6-11/h1-8H,9-10H2,(H,18,22). The van der Waals surface area contributed by atoms with Gasteiger partial charge in [-0.3, -0.25) is 19.5 Å². The predicted molar refractivity (Wildman–Crippen MR) is 80.1 cm³/mol. The van der Waals surface area contributed by atoms with Gasteiger partial charge < -0.3 is 10.1 Å². The van der Waals surface area contributed by atoms with Crippen LogP contribution in [0, 0.1) is 0 Å². The summed E-state index contributed by atoms with van der Waals surface area (Å²) < 4.78 is 5.04. The zero-order chi connectivity index (χ0) is 16.2. The molecule has 3 rings (SSSR count). The predicted octanol–water partition coefficient (Wildman–Crippen LogP) is 1.47. The Morgan fingerprint density at radius 3 is 2.61 bits per heavy atom. The molecule has 0 radical (unpaired) electrons. The highest BCUT2D eigenvalue weighted by Gasteiger charge is 2.36. The number of rotatable bonds is 4. The minimum atomic E-state index is -0.647. The van der Waals surface area contributed by atoms with Crippen molar-refractivity contribution in [3.05, 3.63) is 59.9 Å². The summed E-state index contributed by atoms with van der Waals surface area (Å²) >= 11 is 0. The zero-order valence-corrected chi connectivity index (χ0v) is 12.1. The fourth-order valence-electron chi connectivity index (χ4n) is 2.22. The third-order valence-corrected chi connectivity index (χ3v) is 3.29. The van der Waals surface area contributed by atoms with Gasteiger partial charge in [0.25, 0.3) is 11.8 Å². The van der Waals surface area contributed by atoms with Crippen molar-refractivity contribution in [2.75, 3.05) is 13.1 Å². The van der Waals surface area contributed by atoms with Crippen LogP contribution >= 0.6 is 0 Å². The summed E-state index contributed by atoms with van der Waals surface area (Å²) in [6, 6.07) is 11.7. The normalized spacial score (nSPS) is 13.0. The topological polar surface area (TPSA) is 88.6 Å². The molecular weight excluding hydrogens is 298 g/mol. The van der Waals surface area contributed by atoms with Crippen LogP contribution in [0.2, 0.25) is 0 Å². The molecule has 0 saturated heterocycles. The Hall–Kier alpha value is -3.22. The first kappa shape index (κ1) is 14.7. The molecular formula is C16H13N3O4. The quantitative estimate of drug-likeness (QED) is 0.864. The number of pyridine rings is 1. The molecule has 1 aromatic heterocycles. The number of hydrogen-bond acceptors (Lipinski definition) is 5. The first-order chi connectivity index (χ1) is 11.2. The van der Waals surface area contributed by atoms with E-state index in [4.69, 9.17) is 4.74 Å². The highest BCUT2D eigenvalue weighted by Crippen LogP contribution is 2.19. The molecule has 0 spiro atoms. The molecule has 0 saturated carbocycles. The van der Waals surface area contributed by atoms with Crippen molar-refractivity contribution in [3.63, 3.8) is 0 Å². The number of nitrogens with one attached hydrogen (secondary N) is 1. The van der Waals surface area contributed by atoms with E-state index in [1.807, 2.05) is 0 Å². The van der Waals surface area contributed by atoms with Gasteiger partial charge in [0.15, 0.2) is 0 Å². The molecule has 1 aromatic carbocycles. The molecule has 2 aromatic rings. The summed E-state index contributed by atoms with van der Waals surface area (Å²) in [6.45, 7) is 0.148. The second-order valence-corrected chi connectivity index (χ2v) is 4.79. The van der Waals surface area contributed by atoms with Gasteiger partial charge in [-0.2, -0.15) is 0 Å². The highest BCUT2D eigenvalue weighted by molar-refractivity contribution is 6.20. The van der Waals surface area contributed by atoms with Crippen LogP contribution < -0.4 is 10.1 Å². The van der Waals surface area contributed by atoms with E-state index in [0.29, 0.717) is 5.75 Å². The molecule has 7 nitrogen and oxygen atoms in total. The molecule has 3 amide bonds. The summed E-state index contributed by atoms with van der Waals surface area (Å²) in [6.07, 6.45) is 0.814. The number of aromatic nitrogens is 1. The lowest BCUT2D eigenvalue weighted by Gasteiger charge is -2.13. The average Bonchev–Trinajstić information content (AvgIpc) is 2.81. The van der Waals surface area contributed by atoms with Crippen LogP contribution in [-0.4, -0.2) is 40.9 Å². The maximum atomic E-state index is 12.1. The van der Waals surface area contributed by atoms with Crippen LogP contribution in [0.5, 0.6) is 5.75 Å². The first-order valence-electron chi connectivity index (χ1n) is 6.99. The Morgan fingerprint density at radius 1 is 1.09 bits per heavy atom. The second kappa shape index (κ2) is 6.27. The van der Waals surface area contributed by atoms with Gasteiger partial charge in [0.1, 0.15) is 11.4 Å². The molecule has 1 aliphatic heterocycles. The molecule has 0 atom stereocenters. The fraction of sp³-hybridized carbons (Fsp3) is 0.125. The third kappa shape index (κ3) is 3.03. The summed E-state index contributed by atoms with van der Waals surface area (Å²) in [5, 5.41) is 2.50. The van der Waals surface area contributed by atoms with E-state index in [1.54, 1.807) is 42.5 Å². The summed E-state index contributed by atoms with van der Waals surface area (Å²) in [5.41, 5.74) is 0.425. The smallest absolute Gasteiger partial charge is 0.410 e. The molecule has 0 fully saturated rings. The van der Waals surface area contributed by atoms with Crippen LogP contribution in [0.25, 0.3) is 0 Å². The number of benzene rings is 1. The molecule has 7 heteroatoms. The number of amides is 3. The van der Waals surface area contributed by atoms with Gasteiger partial charge in [-0.25, -0.2) is 4.79 Å². The van der Waals surface area contributed by atoms with Crippen molar-refractivity contribution in [2.45, 2.75) is 0 Å². The van der Waals surface area contributed by atoms with E-state index in [0.717, 1.165) is 4.90 Å². The van der Waals surface area contributed by atoms with Crippen LogP contribution in [0.4, 0.5) is 4.79 Å². The van der Waals surface area contributed by atoms with Crippen molar-refractivity contribution in [2.24, 2.45) is 0 Å². The lowest BCUT2D eigenvalue weighted by Crippen LogP contribution is -2.39. The number of carbonyl (C=O) groups excluding carboxylic acids is 3. The monoisotopic (exact) mass is 311 g/mol. The van der Waals surface area contributed by atoms with E-state index in [9.17, 15) is 14.4 Å². The summed E-state index contributed by atoms with van der Waals surface area (Å²) in [4.78, 5) is 40.8. The SMILES string of the molecule is O=C(NCCN1C(=O)c2cccnc2C1=O)Oc1ccccc1. The van der Waals surface area contributed by atoms with Crippen molar-refractivity contribution in [1.29, 1.82) is 0 Å². The number of carbonyl (C=O) groups is 3. The van der Waals surface area contributed by atoms with Gasteiger partial charge in [0, 0.05) is 19.3 Å². The Bertz CT molecular complexity index is 726. The minimum absolute atomic E-state index is 0.0535. The molecule has 2 heterocycles. The number of imide groups is 1. The summed E-state index contributed by atoms with van der Waals surface area (Å²) in [7, 11) is 0. The van der Waals surface area contributed by atoms with Crippen LogP contribution in [0.15, 0.2) is 48.7 Å². The molecule has 0 unspecified atom stereocenters. The summed E-state index contributed by atoms with van der Waals surface area (Å²) in [5.74, 6) is -0.449. The van der Waals surface area contributed by atoms with E-state index in [2.05, 4.69) is 10.3 Å². The van der Waals surface area contributed by atoms with Crippen LogP contribution in [-0.2, 0) is 0 Å². The number of para-hydroxylation sites is 1. The van der Waals surface area contributed by atoms with Crippen molar-refractivity contribution < 1.29 is 19.1 Å². The molecule has 0 aliphatic carbocycles. The van der Waals surface area contributed by atoms with Crippen molar-refractivity contribution >= 4 is 17.9 Å². The highest BCUT2D eigenvalue weighted by atomic mass is 16.6. The fourth-order valence-corrected chi connectivity index (χ4v) is 2.22. The molecule has 116 valence electrons. The van der Waals surface area contributed by atoms with Gasteiger partial charge >= 0.3 is 6.09 Å². The maximum Gasteiger partial charge on any atom is 0.412 e. The van der Waals surface area contributed by atoms with E-state index in [-0.39, 0.29) is 24.3 Å². The first-order valence-corrected chi connectivity index (χ1v) is 6.99. The van der Waals surface area contributed by atoms with Gasteiger partial charge in [-0.05, 0) is 24.3 Å². The van der Waals surface area contributed by atoms with Crippen molar-refractivity contribution in [1.82, 2.24) is 15.2 Å². The second-order valence-electron chi connectivity index (χ2n) is 4.79. The average molecular weight is 311 g/mol. The van der Waals surface area contributed by atoms with Gasteiger partial charge in [0.05, 0.1) is 5.56 Å². The maximum absolute atomic E-state index is 12.1. The zero-order valence-electron chi connectivity index (χ0n) is 12.1. The number of hydrogen-bond donors (Lipinski definition) is 1. The lowest BCUT2D eigenvalue weighted by molar-refractivity contribution is 0.0653. The molecule has 0 bridgehead atoms. The Labute approximate surface area is 131 Å². The van der Waals surface area contributed by atoms with E-state index in [1.165, 1.54) is 6.20 Å². The van der Waals surface area contributed by atoms with E-state index >= 15 is 0 Å². The molecule has 1 aliphatic rings. The van der Waals surface area contributed by atoms with E-state index < -0.39 is 17.9 Å². The lowest BCUT2D eigenvalue weighted by atomic mass is 10.2. The largest absolute Gasteiger partial charge is 0.412 e. The van der Waals surface area contributed by atoms with Crippen LogP contribution in [0.1, 0.15) is 20.8 Å².